The lowest BCUT2D eigenvalue weighted by Crippen LogP contribution is -2.35. The van der Waals surface area contributed by atoms with Gasteiger partial charge in [-0.05, 0) is 25.3 Å². The molecule has 1 fully saturated rings. The predicted octanol–water partition coefficient (Wildman–Crippen LogP) is 1.17. The fourth-order valence-corrected chi connectivity index (χ4v) is 3.32. The first-order valence-electron chi connectivity index (χ1n) is 9.31. The molecule has 150 valence electrons. The molecule has 1 saturated heterocycles. The number of rotatable bonds is 8. The Balaban J connectivity index is 1.64. The van der Waals surface area contributed by atoms with Crippen LogP contribution in [0, 0.1) is 5.92 Å². The second kappa shape index (κ2) is 8.83. The van der Waals surface area contributed by atoms with E-state index in [0.29, 0.717) is 48.2 Å². The lowest BCUT2D eigenvalue weighted by Gasteiger charge is -2.15. The second-order valence-corrected chi connectivity index (χ2v) is 7.01. The summed E-state index contributed by atoms with van der Waals surface area (Å²) in [5, 5.41) is 6.15. The van der Waals surface area contributed by atoms with Gasteiger partial charge in [0.05, 0.1) is 18.4 Å². The highest BCUT2D eigenvalue weighted by Crippen LogP contribution is 2.19. The number of ether oxygens (including phenoxy) is 1. The maximum Gasteiger partial charge on any atom is 0.255 e. The van der Waals surface area contributed by atoms with E-state index < -0.39 is 0 Å². The van der Waals surface area contributed by atoms with Crippen LogP contribution in [0.1, 0.15) is 23.7 Å². The van der Waals surface area contributed by atoms with Crippen LogP contribution in [0.25, 0.3) is 11.2 Å². The van der Waals surface area contributed by atoms with Crippen LogP contribution >= 0.6 is 0 Å². The highest BCUT2D eigenvalue weighted by Gasteiger charge is 2.24. The first-order chi connectivity index (χ1) is 13.5. The van der Waals surface area contributed by atoms with E-state index in [2.05, 4.69) is 32.2 Å². The first-order valence-corrected chi connectivity index (χ1v) is 9.31. The highest BCUT2D eigenvalue weighted by atomic mass is 16.5. The normalized spacial score (nSPS) is 17.5. The van der Waals surface area contributed by atoms with Crippen LogP contribution in [0.4, 0.5) is 5.82 Å². The van der Waals surface area contributed by atoms with Gasteiger partial charge in [0.1, 0.15) is 11.3 Å². The third-order valence-corrected chi connectivity index (χ3v) is 4.76. The number of methoxy groups -OCH3 is 1. The van der Waals surface area contributed by atoms with Gasteiger partial charge in [-0.25, -0.2) is 9.97 Å². The Morgan fingerprint density at radius 1 is 1.54 bits per heavy atom. The topological polar surface area (TPSA) is 112 Å². The summed E-state index contributed by atoms with van der Waals surface area (Å²) in [7, 11) is 1.59. The van der Waals surface area contributed by atoms with Crippen molar-refractivity contribution in [2.75, 3.05) is 38.7 Å². The summed E-state index contributed by atoms with van der Waals surface area (Å²) in [5.74, 6) is 0.677. The molecule has 28 heavy (non-hydrogen) atoms. The Morgan fingerprint density at radius 2 is 2.36 bits per heavy atom. The lowest BCUT2D eigenvalue weighted by molar-refractivity contribution is -0.125. The van der Waals surface area contributed by atoms with E-state index in [-0.39, 0.29) is 17.9 Å². The highest BCUT2D eigenvalue weighted by molar-refractivity contribution is 6.04. The molecule has 0 saturated carbocycles. The molecule has 9 nitrogen and oxygen atoms in total. The van der Waals surface area contributed by atoms with Gasteiger partial charge >= 0.3 is 0 Å². The molecule has 0 aromatic carbocycles. The minimum atomic E-state index is -0.225. The van der Waals surface area contributed by atoms with Crippen LogP contribution in [0.15, 0.2) is 25.0 Å². The summed E-state index contributed by atoms with van der Waals surface area (Å²) in [4.78, 5) is 37.8. The number of likely N-dealkylation sites (tertiary alicyclic amines) is 1. The van der Waals surface area contributed by atoms with Crippen molar-refractivity contribution in [3.8, 4) is 0 Å². The number of aromatic amines is 1. The molecule has 0 bridgehead atoms. The van der Waals surface area contributed by atoms with Crippen molar-refractivity contribution in [3.63, 3.8) is 0 Å². The molecule has 2 amide bonds. The molecule has 2 aromatic rings. The summed E-state index contributed by atoms with van der Waals surface area (Å²) in [6.45, 7) is 7.95. The summed E-state index contributed by atoms with van der Waals surface area (Å²) in [6, 6.07) is -0.111. The molecule has 2 aromatic heterocycles. The zero-order valence-corrected chi connectivity index (χ0v) is 16.2. The number of carbonyl (C=O) groups excluding carboxylic acids is 2. The van der Waals surface area contributed by atoms with E-state index >= 15 is 0 Å². The Kier molecular flexibility index (Phi) is 6.25. The minimum Gasteiger partial charge on any atom is -0.383 e. The van der Waals surface area contributed by atoms with Gasteiger partial charge in [0.25, 0.3) is 5.91 Å². The van der Waals surface area contributed by atoms with E-state index in [0.717, 1.165) is 13.0 Å². The molecule has 0 unspecified atom stereocenters. The summed E-state index contributed by atoms with van der Waals surface area (Å²) in [5.41, 5.74) is 1.51. The number of hydrogen-bond donors (Lipinski definition) is 3. The maximum absolute atomic E-state index is 12.5. The predicted molar refractivity (Wildman–Crippen MR) is 106 cm³/mol. The fourth-order valence-electron chi connectivity index (χ4n) is 3.32. The molecule has 3 rings (SSSR count). The van der Waals surface area contributed by atoms with Gasteiger partial charge in [0, 0.05) is 39.0 Å². The second-order valence-electron chi connectivity index (χ2n) is 7.01. The summed E-state index contributed by atoms with van der Waals surface area (Å²) < 4.78 is 5.05. The SMILES string of the molecule is C=CC(=O)N1CC[C@H](CNc2cnc3[nH]cc(C(=O)N[C@H](C)COC)c3n2)C1. The molecule has 3 N–H and O–H groups in total. The molecule has 0 aliphatic carbocycles. The third kappa shape index (κ3) is 4.48. The summed E-state index contributed by atoms with van der Waals surface area (Å²) in [6.07, 6.45) is 5.52. The van der Waals surface area contributed by atoms with Crippen molar-refractivity contribution in [1.82, 2.24) is 25.2 Å². The standard InChI is InChI=1S/C19H26N6O3/c1-4-16(26)25-6-5-13(10-25)7-20-15-9-22-18-17(24-15)14(8-21-18)19(27)23-12(2)11-28-3/h4,8-9,12-13H,1,5-7,10-11H2,2-3H3,(H,20,24)(H,21,22)(H,23,27)/t12-,13-/m1/s1. The Labute approximate surface area is 163 Å². The van der Waals surface area contributed by atoms with Crippen LogP contribution in [0.3, 0.4) is 0 Å². The van der Waals surface area contributed by atoms with E-state index in [4.69, 9.17) is 4.74 Å². The number of anilines is 1. The molecule has 0 spiro atoms. The fraction of sp³-hybridized carbons (Fsp3) is 0.474. The van der Waals surface area contributed by atoms with Crippen LogP contribution in [0.5, 0.6) is 0 Å². The van der Waals surface area contributed by atoms with Crippen LogP contribution in [-0.4, -0.2) is 71.1 Å². The molecule has 1 aliphatic rings. The first kappa shape index (κ1) is 19.8. The lowest BCUT2D eigenvalue weighted by atomic mass is 10.1. The number of hydrogen-bond acceptors (Lipinski definition) is 6. The number of aromatic nitrogens is 3. The van der Waals surface area contributed by atoms with Crippen LogP contribution < -0.4 is 10.6 Å². The van der Waals surface area contributed by atoms with Crippen LogP contribution in [-0.2, 0) is 9.53 Å². The number of H-pyrrole nitrogens is 1. The quantitative estimate of drug-likeness (QED) is 0.587. The van der Waals surface area contributed by atoms with Gasteiger partial charge < -0.3 is 25.3 Å². The zero-order chi connectivity index (χ0) is 20.1. The van der Waals surface area contributed by atoms with Crippen molar-refractivity contribution >= 4 is 28.8 Å². The number of amides is 2. The Morgan fingerprint density at radius 3 is 3.11 bits per heavy atom. The van der Waals surface area contributed by atoms with Gasteiger partial charge in [-0.15, -0.1) is 0 Å². The minimum absolute atomic E-state index is 0.0330. The largest absolute Gasteiger partial charge is 0.383 e. The van der Waals surface area contributed by atoms with Crippen molar-refractivity contribution in [2.24, 2.45) is 5.92 Å². The molecular weight excluding hydrogens is 360 g/mol. The number of fused-ring (bicyclic) bond motifs is 1. The van der Waals surface area contributed by atoms with E-state index in [1.54, 1.807) is 24.4 Å². The molecule has 0 radical (unpaired) electrons. The van der Waals surface area contributed by atoms with Gasteiger partial charge in [0.2, 0.25) is 5.91 Å². The third-order valence-electron chi connectivity index (χ3n) is 4.76. The van der Waals surface area contributed by atoms with Crippen molar-refractivity contribution in [3.05, 3.63) is 30.6 Å². The smallest absolute Gasteiger partial charge is 0.255 e. The van der Waals surface area contributed by atoms with E-state index in [1.165, 1.54) is 6.08 Å². The molecule has 3 heterocycles. The maximum atomic E-state index is 12.5. The van der Waals surface area contributed by atoms with Gasteiger partial charge in [-0.3, -0.25) is 9.59 Å². The average molecular weight is 386 g/mol. The van der Waals surface area contributed by atoms with Crippen molar-refractivity contribution in [1.29, 1.82) is 0 Å². The Hall–Kier alpha value is -2.94. The molecule has 2 atom stereocenters. The molecule has 9 heteroatoms. The van der Waals surface area contributed by atoms with E-state index in [9.17, 15) is 9.59 Å². The van der Waals surface area contributed by atoms with Crippen LogP contribution in [0.2, 0.25) is 0 Å². The van der Waals surface area contributed by atoms with Gasteiger partial charge in [-0.1, -0.05) is 6.58 Å². The Bertz CT molecular complexity index is 864. The van der Waals surface area contributed by atoms with Crippen molar-refractivity contribution in [2.45, 2.75) is 19.4 Å². The monoisotopic (exact) mass is 386 g/mol. The average Bonchev–Trinajstić information content (AvgIpc) is 3.32. The number of carbonyl (C=O) groups is 2. The molecular formula is C19H26N6O3. The zero-order valence-electron chi connectivity index (χ0n) is 16.2. The number of nitrogens with zero attached hydrogens (tertiary/aromatic N) is 3. The molecule has 1 aliphatic heterocycles. The number of nitrogens with one attached hydrogen (secondary N) is 3. The summed E-state index contributed by atoms with van der Waals surface area (Å²) >= 11 is 0. The van der Waals surface area contributed by atoms with E-state index in [1.807, 2.05) is 6.92 Å². The van der Waals surface area contributed by atoms with Crippen molar-refractivity contribution < 1.29 is 14.3 Å². The van der Waals surface area contributed by atoms with Gasteiger partial charge in [0.15, 0.2) is 5.65 Å². The van der Waals surface area contributed by atoms with Gasteiger partial charge in [-0.2, -0.15) is 0 Å².